The van der Waals surface area contributed by atoms with Gasteiger partial charge in [-0.2, -0.15) is 0 Å². The van der Waals surface area contributed by atoms with Gasteiger partial charge in [0.2, 0.25) is 0 Å². The highest BCUT2D eigenvalue weighted by Crippen LogP contribution is 2.16. The van der Waals surface area contributed by atoms with Gasteiger partial charge >= 0.3 is 17.9 Å². The van der Waals surface area contributed by atoms with Gasteiger partial charge in [-0.1, -0.05) is 189 Å². The largest absolute Gasteiger partial charge is 0.462 e. The fraction of sp³-hybridized carbons (Fsp3) is 0.930. The lowest BCUT2D eigenvalue weighted by molar-refractivity contribution is -0.167. The fourth-order valence-electron chi connectivity index (χ4n) is 6.19. The number of ether oxygens (including phenoxy) is 3. The number of hydrogen-bond acceptors (Lipinski definition) is 6. The van der Waals surface area contributed by atoms with Gasteiger partial charge in [-0.05, 0) is 31.1 Å². The molecule has 0 aliphatic heterocycles. The minimum atomic E-state index is -0.760. The zero-order chi connectivity index (χ0) is 36.2. The van der Waals surface area contributed by atoms with Crippen molar-refractivity contribution >= 4 is 17.9 Å². The summed E-state index contributed by atoms with van der Waals surface area (Å²) in [4.78, 5) is 37.5. The van der Waals surface area contributed by atoms with Crippen molar-refractivity contribution in [1.29, 1.82) is 0 Å². The third-order valence-electron chi connectivity index (χ3n) is 9.83. The second kappa shape index (κ2) is 36.2. The van der Waals surface area contributed by atoms with Gasteiger partial charge in [-0.3, -0.25) is 14.4 Å². The predicted octanol–water partition coefficient (Wildman–Crippen LogP) is 13.0. The molecule has 0 N–H and O–H groups in total. The Bertz CT molecular complexity index is 751. The molecule has 0 aromatic heterocycles. The summed E-state index contributed by atoms with van der Waals surface area (Å²) >= 11 is 0. The average molecular weight is 695 g/mol. The standard InChI is InChI=1S/C43H82O6/c1-6-8-9-10-11-13-17-23-28-33-41(44)47-36-40(37-48-42(45)34-29-24-20-19-22-27-32-39(5)7-2)49-43(46)35-30-25-18-15-12-14-16-21-26-31-38(3)4/h38-40H,6-37H2,1-5H3/t39?,40-/m1/s1. The van der Waals surface area contributed by atoms with Gasteiger partial charge in [0, 0.05) is 19.3 Å². The lowest BCUT2D eigenvalue weighted by Gasteiger charge is -2.18. The summed E-state index contributed by atoms with van der Waals surface area (Å²) in [6, 6.07) is 0. The Balaban J connectivity index is 4.36. The summed E-state index contributed by atoms with van der Waals surface area (Å²) < 4.78 is 16.6. The van der Waals surface area contributed by atoms with Gasteiger partial charge in [-0.15, -0.1) is 0 Å². The Labute approximate surface area is 304 Å². The van der Waals surface area contributed by atoms with E-state index in [0.717, 1.165) is 69.6 Å². The number of esters is 3. The zero-order valence-electron chi connectivity index (χ0n) is 33.3. The highest BCUT2D eigenvalue weighted by Gasteiger charge is 2.19. The van der Waals surface area contributed by atoms with Crippen LogP contribution in [0.1, 0.15) is 227 Å². The minimum Gasteiger partial charge on any atom is -0.462 e. The monoisotopic (exact) mass is 695 g/mol. The first-order valence-electron chi connectivity index (χ1n) is 21.3. The highest BCUT2D eigenvalue weighted by molar-refractivity contribution is 5.71. The van der Waals surface area contributed by atoms with Crippen LogP contribution in [0.4, 0.5) is 0 Å². The maximum absolute atomic E-state index is 12.7. The minimum absolute atomic E-state index is 0.0664. The van der Waals surface area contributed by atoms with E-state index in [4.69, 9.17) is 14.2 Å². The van der Waals surface area contributed by atoms with Crippen LogP contribution in [0.25, 0.3) is 0 Å². The number of unbranched alkanes of at least 4 members (excludes halogenated alkanes) is 21. The fourth-order valence-corrected chi connectivity index (χ4v) is 6.19. The van der Waals surface area contributed by atoms with Crippen molar-refractivity contribution < 1.29 is 28.6 Å². The lowest BCUT2D eigenvalue weighted by atomic mass is 10.00. The Morgan fingerprint density at radius 1 is 0.429 bits per heavy atom. The summed E-state index contributed by atoms with van der Waals surface area (Å²) in [6.45, 7) is 11.3. The maximum atomic E-state index is 12.7. The molecule has 1 unspecified atom stereocenters. The number of carbonyl (C=O) groups is 3. The number of hydrogen-bond donors (Lipinski definition) is 0. The van der Waals surface area contributed by atoms with E-state index in [-0.39, 0.29) is 31.1 Å². The number of rotatable bonds is 37. The van der Waals surface area contributed by atoms with Crippen LogP contribution in [0.15, 0.2) is 0 Å². The van der Waals surface area contributed by atoms with Gasteiger partial charge < -0.3 is 14.2 Å². The normalized spacial score (nSPS) is 12.6. The molecule has 49 heavy (non-hydrogen) atoms. The Morgan fingerprint density at radius 2 is 0.776 bits per heavy atom. The van der Waals surface area contributed by atoms with Gasteiger partial charge in [-0.25, -0.2) is 0 Å². The van der Waals surface area contributed by atoms with Crippen molar-refractivity contribution in [3.8, 4) is 0 Å². The third kappa shape index (κ3) is 36.0. The van der Waals surface area contributed by atoms with E-state index in [9.17, 15) is 14.4 Å². The van der Waals surface area contributed by atoms with Crippen LogP contribution in [0.5, 0.6) is 0 Å². The maximum Gasteiger partial charge on any atom is 0.306 e. The molecule has 0 aliphatic carbocycles. The molecule has 0 bridgehead atoms. The third-order valence-corrected chi connectivity index (χ3v) is 9.83. The van der Waals surface area contributed by atoms with Gasteiger partial charge in [0.25, 0.3) is 0 Å². The van der Waals surface area contributed by atoms with Crippen molar-refractivity contribution in [3.05, 3.63) is 0 Å². The van der Waals surface area contributed by atoms with Crippen LogP contribution >= 0.6 is 0 Å². The Kier molecular flexibility index (Phi) is 35.0. The van der Waals surface area contributed by atoms with Crippen molar-refractivity contribution in [2.75, 3.05) is 13.2 Å². The van der Waals surface area contributed by atoms with Crippen LogP contribution in [-0.4, -0.2) is 37.2 Å². The molecule has 0 saturated heterocycles. The van der Waals surface area contributed by atoms with E-state index >= 15 is 0 Å². The van der Waals surface area contributed by atoms with E-state index in [1.165, 1.54) is 116 Å². The van der Waals surface area contributed by atoms with E-state index in [1.807, 2.05) is 0 Å². The topological polar surface area (TPSA) is 78.9 Å². The molecule has 0 rings (SSSR count). The van der Waals surface area contributed by atoms with Crippen molar-refractivity contribution in [2.24, 2.45) is 11.8 Å². The molecule has 0 amide bonds. The van der Waals surface area contributed by atoms with Crippen molar-refractivity contribution in [2.45, 2.75) is 233 Å². The molecule has 290 valence electrons. The summed E-state index contributed by atoms with van der Waals surface area (Å²) in [5, 5.41) is 0. The lowest BCUT2D eigenvalue weighted by Crippen LogP contribution is -2.30. The molecule has 0 aromatic carbocycles. The summed E-state index contributed by atoms with van der Waals surface area (Å²) in [5.74, 6) is 0.753. The molecule has 6 heteroatoms. The Morgan fingerprint density at radius 3 is 1.16 bits per heavy atom. The molecular weight excluding hydrogens is 612 g/mol. The molecular formula is C43H82O6. The molecule has 0 aromatic rings. The molecule has 0 saturated carbocycles. The SMILES string of the molecule is CCCCCCCCCCCC(=O)OC[C@H](COC(=O)CCCCCCCCC(C)CC)OC(=O)CCCCCCCCCCCC(C)C. The first-order valence-corrected chi connectivity index (χ1v) is 21.3. The van der Waals surface area contributed by atoms with Crippen LogP contribution < -0.4 is 0 Å². The Hall–Kier alpha value is -1.59. The molecule has 0 spiro atoms. The molecule has 6 nitrogen and oxygen atoms in total. The van der Waals surface area contributed by atoms with Crippen LogP contribution in [0.2, 0.25) is 0 Å². The molecule has 0 aliphatic rings. The zero-order valence-corrected chi connectivity index (χ0v) is 33.3. The first-order chi connectivity index (χ1) is 23.8. The molecule has 0 heterocycles. The van der Waals surface area contributed by atoms with E-state index in [0.29, 0.717) is 19.3 Å². The summed E-state index contributed by atoms with van der Waals surface area (Å²) in [7, 11) is 0. The van der Waals surface area contributed by atoms with Crippen molar-refractivity contribution in [1.82, 2.24) is 0 Å². The van der Waals surface area contributed by atoms with Crippen molar-refractivity contribution in [3.63, 3.8) is 0 Å². The van der Waals surface area contributed by atoms with Crippen LogP contribution in [0, 0.1) is 11.8 Å². The second-order valence-corrected chi connectivity index (χ2v) is 15.3. The van der Waals surface area contributed by atoms with Gasteiger partial charge in [0.1, 0.15) is 13.2 Å². The molecule has 0 radical (unpaired) electrons. The second-order valence-electron chi connectivity index (χ2n) is 15.3. The number of carbonyl (C=O) groups excluding carboxylic acids is 3. The van der Waals surface area contributed by atoms with Crippen LogP contribution in [-0.2, 0) is 28.6 Å². The average Bonchev–Trinajstić information content (AvgIpc) is 3.08. The predicted molar refractivity (Wildman–Crippen MR) is 206 cm³/mol. The van der Waals surface area contributed by atoms with E-state index in [2.05, 4.69) is 34.6 Å². The molecule has 2 atom stereocenters. The summed E-state index contributed by atoms with van der Waals surface area (Å²) in [6.07, 6.45) is 32.3. The smallest absolute Gasteiger partial charge is 0.306 e. The van der Waals surface area contributed by atoms with Gasteiger partial charge in [0.05, 0.1) is 0 Å². The quantitative estimate of drug-likeness (QED) is 0.0366. The van der Waals surface area contributed by atoms with E-state index in [1.54, 1.807) is 0 Å². The molecule has 0 fully saturated rings. The van der Waals surface area contributed by atoms with E-state index < -0.39 is 6.10 Å². The summed E-state index contributed by atoms with van der Waals surface area (Å²) in [5.41, 5.74) is 0. The van der Waals surface area contributed by atoms with Crippen LogP contribution in [0.3, 0.4) is 0 Å². The highest BCUT2D eigenvalue weighted by atomic mass is 16.6. The van der Waals surface area contributed by atoms with Gasteiger partial charge in [0.15, 0.2) is 6.10 Å². The first kappa shape index (κ1) is 47.4.